The highest BCUT2D eigenvalue weighted by molar-refractivity contribution is 7.09. The molecule has 0 bridgehead atoms. The van der Waals surface area contributed by atoms with Crippen molar-refractivity contribution in [2.75, 3.05) is 13.7 Å². The summed E-state index contributed by atoms with van der Waals surface area (Å²) in [5.41, 5.74) is 0.532. The third-order valence-corrected chi connectivity index (χ3v) is 3.47. The normalized spacial score (nSPS) is 10.2. The predicted molar refractivity (Wildman–Crippen MR) is 74.3 cm³/mol. The van der Waals surface area contributed by atoms with Crippen molar-refractivity contribution in [2.24, 2.45) is 0 Å². The van der Waals surface area contributed by atoms with Gasteiger partial charge in [-0.3, -0.25) is 4.79 Å². The third-order valence-electron chi connectivity index (χ3n) is 2.56. The third kappa shape index (κ3) is 3.79. The fraction of sp³-hybridized carbons (Fsp3) is 0.286. The lowest BCUT2D eigenvalue weighted by Crippen LogP contribution is -2.01. The van der Waals surface area contributed by atoms with Crippen LogP contribution < -0.4 is 9.47 Å². The van der Waals surface area contributed by atoms with Crippen LogP contribution in [-0.4, -0.2) is 24.5 Å². The number of Topliss-reactive ketones (excluding diaryl/α,β-unsaturated/α-hetero) is 1. The molecule has 0 saturated carbocycles. The van der Waals surface area contributed by atoms with E-state index in [0.717, 1.165) is 16.5 Å². The number of ether oxygens (including phenoxy) is 2. The summed E-state index contributed by atoms with van der Waals surface area (Å²) in [7, 11) is 1.63. The summed E-state index contributed by atoms with van der Waals surface area (Å²) < 4.78 is 10.7. The Morgan fingerprint density at radius 3 is 2.53 bits per heavy atom. The Morgan fingerprint density at radius 1 is 1.26 bits per heavy atom. The number of carbonyl (C=O) groups excluding carboxylic acids is 1. The summed E-state index contributed by atoms with van der Waals surface area (Å²) in [4.78, 5) is 15.4. The number of methoxy groups -OCH3 is 1. The molecule has 5 heteroatoms. The second kappa shape index (κ2) is 6.33. The van der Waals surface area contributed by atoms with Crippen molar-refractivity contribution in [2.45, 2.75) is 13.3 Å². The molecule has 0 fully saturated rings. The molecule has 0 saturated heterocycles. The first-order chi connectivity index (χ1) is 9.19. The first-order valence-electron chi connectivity index (χ1n) is 5.91. The van der Waals surface area contributed by atoms with Gasteiger partial charge in [0.15, 0.2) is 5.78 Å². The summed E-state index contributed by atoms with van der Waals surface area (Å²) >= 11 is 1.49. The molecular formula is C14H15NO3S. The number of carbonyl (C=O) groups is 1. The molecule has 4 nitrogen and oxygen atoms in total. The fourth-order valence-electron chi connectivity index (χ4n) is 1.52. The Hall–Kier alpha value is -1.88. The van der Waals surface area contributed by atoms with Gasteiger partial charge < -0.3 is 9.47 Å². The van der Waals surface area contributed by atoms with E-state index in [2.05, 4.69) is 4.98 Å². The van der Waals surface area contributed by atoms with Gasteiger partial charge in [0.25, 0.3) is 0 Å². The summed E-state index contributed by atoms with van der Waals surface area (Å²) in [6, 6.07) is 7.43. The monoisotopic (exact) mass is 277 g/mol. The maximum absolute atomic E-state index is 11.1. The summed E-state index contributed by atoms with van der Waals surface area (Å²) in [6.07, 6.45) is 0.698. The number of rotatable bonds is 6. The maximum atomic E-state index is 11.1. The average molecular weight is 277 g/mol. The Balaban J connectivity index is 1.83. The fourth-order valence-corrected chi connectivity index (χ4v) is 2.33. The molecule has 0 amide bonds. The lowest BCUT2D eigenvalue weighted by atomic mass is 10.3. The van der Waals surface area contributed by atoms with Gasteiger partial charge in [0, 0.05) is 18.7 Å². The van der Waals surface area contributed by atoms with Crippen molar-refractivity contribution < 1.29 is 14.3 Å². The molecule has 0 unspecified atom stereocenters. The number of ketones is 1. The van der Waals surface area contributed by atoms with Crippen LogP contribution in [0.1, 0.15) is 22.4 Å². The predicted octanol–water partition coefficient (Wildman–Crippen LogP) is 2.98. The minimum Gasteiger partial charge on any atom is -0.497 e. The molecule has 0 aliphatic rings. The van der Waals surface area contributed by atoms with Crippen LogP contribution in [0.2, 0.25) is 0 Å². The molecule has 1 aromatic carbocycles. The van der Waals surface area contributed by atoms with Crippen LogP contribution in [-0.2, 0) is 6.42 Å². The van der Waals surface area contributed by atoms with Crippen LogP contribution in [0.25, 0.3) is 0 Å². The molecule has 19 heavy (non-hydrogen) atoms. The zero-order chi connectivity index (χ0) is 13.7. The van der Waals surface area contributed by atoms with Crippen LogP contribution in [0, 0.1) is 0 Å². The molecule has 2 rings (SSSR count). The van der Waals surface area contributed by atoms with Crippen molar-refractivity contribution in [1.29, 1.82) is 0 Å². The first kappa shape index (κ1) is 13.5. The van der Waals surface area contributed by atoms with E-state index >= 15 is 0 Å². The van der Waals surface area contributed by atoms with Crippen molar-refractivity contribution in [1.82, 2.24) is 4.98 Å². The van der Waals surface area contributed by atoms with E-state index in [9.17, 15) is 4.79 Å². The number of hydrogen-bond donors (Lipinski definition) is 0. The maximum Gasteiger partial charge on any atom is 0.178 e. The summed E-state index contributed by atoms with van der Waals surface area (Å²) in [5, 5.41) is 2.70. The van der Waals surface area contributed by atoms with Crippen LogP contribution in [0.4, 0.5) is 0 Å². The van der Waals surface area contributed by atoms with E-state index in [1.165, 1.54) is 18.3 Å². The minimum absolute atomic E-state index is 0.00132. The van der Waals surface area contributed by atoms with Crippen molar-refractivity contribution in [3.63, 3.8) is 0 Å². The zero-order valence-electron chi connectivity index (χ0n) is 10.9. The van der Waals surface area contributed by atoms with Crippen LogP contribution in [0.3, 0.4) is 0 Å². The second-order valence-corrected chi connectivity index (χ2v) is 4.90. The molecule has 0 N–H and O–H groups in total. The number of thiazole rings is 1. The zero-order valence-corrected chi connectivity index (χ0v) is 11.7. The van der Waals surface area contributed by atoms with Gasteiger partial charge in [-0.25, -0.2) is 4.98 Å². The van der Waals surface area contributed by atoms with E-state index in [1.54, 1.807) is 12.5 Å². The van der Waals surface area contributed by atoms with E-state index < -0.39 is 0 Å². The highest BCUT2D eigenvalue weighted by Crippen LogP contribution is 2.17. The highest BCUT2D eigenvalue weighted by Gasteiger charge is 2.06. The van der Waals surface area contributed by atoms with Gasteiger partial charge in [0.1, 0.15) is 17.2 Å². The molecule has 0 atom stereocenters. The lowest BCUT2D eigenvalue weighted by Gasteiger charge is -2.05. The Bertz CT molecular complexity index is 548. The van der Waals surface area contributed by atoms with Gasteiger partial charge in [-0.15, -0.1) is 11.3 Å². The second-order valence-electron chi connectivity index (χ2n) is 3.96. The molecule has 1 heterocycles. The number of hydrogen-bond acceptors (Lipinski definition) is 5. The van der Waals surface area contributed by atoms with E-state index in [1.807, 2.05) is 24.3 Å². The molecule has 2 aromatic rings. The smallest absolute Gasteiger partial charge is 0.178 e. The number of aromatic nitrogens is 1. The van der Waals surface area contributed by atoms with E-state index in [4.69, 9.17) is 9.47 Å². The minimum atomic E-state index is -0.00132. The molecule has 0 aliphatic carbocycles. The molecule has 100 valence electrons. The van der Waals surface area contributed by atoms with E-state index in [-0.39, 0.29) is 5.78 Å². The Labute approximate surface area is 116 Å². The molecule has 0 aliphatic heterocycles. The Morgan fingerprint density at radius 2 is 1.95 bits per heavy atom. The lowest BCUT2D eigenvalue weighted by molar-refractivity contribution is 0.101. The molecular weight excluding hydrogens is 262 g/mol. The van der Waals surface area contributed by atoms with Gasteiger partial charge in [-0.2, -0.15) is 0 Å². The molecule has 0 spiro atoms. The Kier molecular flexibility index (Phi) is 4.52. The highest BCUT2D eigenvalue weighted by atomic mass is 32.1. The SMILES string of the molecule is COc1ccc(OCCc2nc(C(C)=O)cs2)cc1. The average Bonchev–Trinajstić information content (AvgIpc) is 2.89. The number of benzene rings is 1. The van der Waals surface area contributed by atoms with Gasteiger partial charge in [-0.1, -0.05) is 0 Å². The van der Waals surface area contributed by atoms with Crippen LogP contribution >= 0.6 is 11.3 Å². The van der Waals surface area contributed by atoms with E-state index in [0.29, 0.717) is 18.7 Å². The van der Waals surface area contributed by atoms with Gasteiger partial charge in [-0.05, 0) is 24.3 Å². The van der Waals surface area contributed by atoms with Crippen molar-refractivity contribution in [3.8, 4) is 11.5 Å². The van der Waals surface area contributed by atoms with Crippen LogP contribution in [0.15, 0.2) is 29.6 Å². The quantitative estimate of drug-likeness (QED) is 0.762. The standard InChI is InChI=1S/C14H15NO3S/c1-10(16)13-9-19-14(15-13)7-8-18-12-5-3-11(17-2)4-6-12/h3-6,9H,7-8H2,1-2H3. The number of nitrogens with zero attached hydrogens (tertiary/aromatic N) is 1. The summed E-state index contributed by atoms with van der Waals surface area (Å²) in [6.45, 7) is 2.06. The first-order valence-corrected chi connectivity index (χ1v) is 6.79. The van der Waals surface area contributed by atoms with Crippen molar-refractivity contribution >= 4 is 17.1 Å². The molecule has 0 radical (unpaired) electrons. The molecule has 1 aromatic heterocycles. The summed E-state index contributed by atoms with van der Waals surface area (Å²) in [5.74, 6) is 1.60. The van der Waals surface area contributed by atoms with Gasteiger partial charge in [0.05, 0.1) is 18.7 Å². The van der Waals surface area contributed by atoms with Gasteiger partial charge in [0.2, 0.25) is 0 Å². The largest absolute Gasteiger partial charge is 0.497 e. The van der Waals surface area contributed by atoms with Gasteiger partial charge >= 0.3 is 0 Å². The van der Waals surface area contributed by atoms with Crippen molar-refractivity contribution in [3.05, 3.63) is 40.3 Å². The topological polar surface area (TPSA) is 48.4 Å². The van der Waals surface area contributed by atoms with Crippen LogP contribution in [0.5, 0.6) is 11.5 Å².